The summed E-state index contributed by atoms with van der Waals surface area (Å²) in [6.07, 6.45) is 11.7. The number of carboxylic acid groups (broad SMARTS) is 1. The van der Waals surface area contributed by atoms with Gasteiger partial charge in [0, 0.05) is 0 Å². The number of hydrogen-bond donors (Lipinski definition) is 1. The number of hydrogen-bond acceptors (Lipinski definition) is 2. The minimum atomic E-state index is -0.615. The molecular weight excluding hydrogens is 238 g/mol. The lowest BCUT2D eigenvalue weighted by Gasteiger charge is -2.33. The van der Waals surface area contributed by atoms with Crippen LogP contribution in [0.2, 0.25) is 0 Å². The lowest BCUT2D eigenvalue weighted by Crippen LogP contribution is -2.50. The molecule has 0 amide bonds. The molecule has 1 saturated heterocycles. The van der Waals surface area contributed by atoms with Crippen LogP contribution in [-0.2, 0) is 4.79 Å². The van der Waals surface area contributed by atoms with Crippen LogP contribution in [0.1, 0.15) is 78.1 Å². The van der Waals surface area contributed by atoms with Crippen molar-refractivity contribution in [2.75, 3.05) is 13.1 Å². The Balaban J connectivity index is 2.23. The van der Waals surface area contributed by atoms with E-state index in [4.69, 9.17) is 0 Å². The first-order valence-corrected chi connectivity index (χ1v) is 8.16. The zero-order valence-electron chi connectivity index (χ0n) is 12.8. The molecule has 1 atom stereocenters. The van der Waals surface area contributed by atoms with Gasteiger partial charge in [0.2, 0.25) is 0 Å². The molecule has 1 aliphatic rings. The third-order valence-corrected chi connectivity index (χ3v) is 4.64. The summed E-state index contributed by atoms with van der Waals surface area (Å²) in [5.41, 5.74) is -0.553. The van der Waals surface area contributed by atoms with Gasteiger partial charge in [-0.3, -0.25) is 9.69 Å². The number of rotatable bonds is 10. The second-order valence-electron chi connectivity index (χ2n) is 5.90. The Labute approximate surface area is 118 Å². The Morgan fingerprint density at radius 1 is 1.11 bits per heavy atom. The van der Waals surface area contributed by atoms with Crippen molar-refractivity contribution in [2.24, 2.45) is 0 Å². The van der Waals surface area contributed by atoms with E-state index in [1.807, 2.05) is 6.92 Å². The molecule has 3 heteroatoms. The summed E-state index contributed by atoms with van der Waals surface area (Å²) in [6, 6.07) is 0. The minimum Gasteiger partial charge on any atom is -0.480 e. The van der Waals surface area contributed by atoms with Gasteiger partial charge in [0.05, 0.1) is 0 Å². The van der Waals surface area contributed by atoms with Crippen LogP contribution in [0.15, 0.2) is 0 Å². The zero-order valence-corrected chi connectivity index (χ0v) is 12.8. The fourth-order valence-corrected chi connectivity index (χ4v) is 3.31. The summed E-state index contributed by atoms with van der Waals surface area (Å²) in [5, 5.41) is 9.49. The molecule has 0 aromatic heterocycles. The largest absolute Gasteiger partial charge is 0.480 e. The summed E-state index contributed by atoms with van der Waals surface area (Å²) < 4.78 is 0. The highest BCUT2D eigenvalue weighted by Crippen LogP contribution is 2.32. The van der Waals surface area contributed by atoms with Crippen LogP contribution in [0, 0.1) is 0 Å². The Morgan fingerprint density at radius 3 is 2.32 bits per heavy atom. The molecule has 0 aliphatic carbocycles. The van der Waals surface area contributed by atoms with Crippen molar-refractivity contribution >= 4 is 5.97 Å². The van der Waals surface area contributed by atoms with Crippen molar-refractivity contribution in [3.05, 3.63) is 0 Å². The predicted molar refractivity (Wildman–Crippen MR) is 79.5 cm³/mol. The maximum Gasteiger partial charge on any atom is 0.324 e. The van der Waals surface area contributed by atoms with E-state index in [-0.39, 0.29) is 0 Å². The average Bonchev–Trinajstić information content (AvgIpc) is 2.82. The molecule has 0 aromatic carbocycles. The van der Waals surface area contributed by atoms with Gasteiger partial charge in [0.1, 0.15) is 5.54 Å². The Kier molecular flexibility index (Phi) is 7.44. The Morgan fingerprint density at radius 2 is 1.74 bits per heavy atom. The van der Waals surface area contributed by atoms with E-state index >= 15 is 0 Å². The molecule has 19 heavy (non-hydrogen) atoms. The summed E-state index contributed by atoms with van der Waals surface area (Å²) in [4.78, 5) is 13.8. The maximum absolute atomic E-state index is 11.5. The molecule has 112 valence electrons. The van der Waals surface area contributed by atoms with Crippen LogP contribution in [0.25, 0.3) is 0 Å². The average molecular weight is 269 g/mol. The van der Waals surface area contributed by atoms with E-state index in [9.17, 15) is 9.90 Å². The number of nitrogens with zero attached hydrogens (tertiary/aromatic N) is 1. The predicted octanol–water partition coefficient (Wildman–Crippen LogP) is 4.07. The molecule has 1 unspecified atom stereocenters. The monoisotopic (exact) mass is 269 g/mol. The third-order valence-electron chi connectivity index (χ3n) is 4.64. The number of aliphatic carboxylic acids is 1. The van der Waals surface area contributed by atoms with Crippen LogP contribution in [0.5, 0.6) is 0 Å². The molecule has 0 spiro atoms. The van der Waals surface area contributed by atoms with Gasteiger partial charge in [0.15, 0.2) is 0 Å². The molecule has 1 aliphatic heterocycles. The van der Waals surface area contributed by atoms with Gasteiger partial charge in [-0.05, 0) is 38.8 Å². The first-order valence-electron chi connectivity index (χ1n) is 8.16. The van der Waals surface area contributed by atoms with Gasteiger partial charge in [0.25, 0.3) is 0 Å². The molecule has 0 radical (unpaired) electrons. The standard InChI is InChI=1S/C16H31NO2/c1-3-5-6-7-8-9-10-13-17-14-11-12-16(17,4-2)15(18)19/h3-14H2,1-2H3,(H,18,19). The van der Waals surface area contributed by atoms with Crippen molar-refractivity contribution < 1.29 is 9.90 Å². The van der Waals surface area contributed by atoms with E-state index in [1.54, 1.807) is 0 Å². The molecule has 1 fully saturated rings. The molecule has 0 bridgehead atoms. The van der Waals surface area contributed by atoms with Crippen molar-refractivity contribution in [1.29, 1.82) is 0 Å². The fraction of sp³-hybridized carbons (Fsp3) is 0.938. The fourth-order valence-electron chi connectivity index (χ4n) is 3.31. The zero-order chi connectivity index (χ0) is 14.1. The minimum absolute atomic E-state index is 0.553. The van der Waals surface area contributed by atoms with Crippen LogP contribution in [-0.4, -0.2) is 34.6 Å². The van der Waals surface area contributed by atoms with E-state index < -0.39 is 11.5 Å². The van der Waals surface area contributed by atoms with Gasteiger partial charge in [-0.1, -0.05) is 52.4 Å². The first-order chi connectivity index (χ1) is 9.17. The quantitative estimate of drug-likeness (QED) is 0.608. The smallest absolute Gasteiger partial charge is 0.324 e. The number of unbranched alkanes of at least 4 members (excludes halogenated alkanes) is 6. The van der Waals surface area contributed by atoms with Crippen LogP contribution in [0.3, 0.4) is 0 Å². The molecule has 1 rings (SSSR count). The summed E-state index contributed by atoms with van der Waals surface area (Å²) in [6.45, 7) is 6.19. The molecule has 0 aromatic rings. The molecule has 1 N–H and O–H groups in total. The topological polar surface area (TPSA) is 40.5 Å². The summed E-state index contributed by atoms with van der Waals surface area (Å²) >= 11 is 0. The van der Waals surface area contributed by atoms with Gasteiger partial charge in [-0.25, -0.2) is 0 Å². The van der Waals surface area contributed by atoms with E-state index in [2.05, 4.69) is 11.8 Å². The van der Waals surface area contributed by atoms with Crippen molar-refractivity contribution in [3.63, 3.8) is 0 Å². The van der Waals surface area contributed by atoms with Crippen molar-refractivity contribution in [3.8, 4) is 0 Å². The van der Waals surface area contributed by atoms with Crippen LogP contribution in [0.4, 0.5) is 0 Å². The van der Waals surface area contributed by atoms with Crippen molar-refractivity contribution in [2.45, 2.75) is 83.6 Å². The SMILES string of the molecule is CCCCCCCCCN1CCCC1(CC)C(=O)O. The van der Waals surface area contributed by atoms with Gasteiger partial charge in [-0.15, -0.1) is 0 Å². The molecule has 3 nitrogen and oxygen atoms in total. The van der Waals surface area contributed by atoms with Crippen LogP contribution < -0.4 is 0 Å². The highest BCUT2D eigenvalue weighted by Gasteiger charge is 2.45. The van der Waals surface area contributed by atoms with Gasteiger partial charge in [-0.2, -0.15) is 0 Å². The molecular formula is C16H31NO2. The molecule has 1 heterocycles. The van der Waals surface area contributed by atoms with E-state index in [1.165, 1.54) is 38.5 Å². The Hall–Kier alpha value is -0.570. The summed E-state index contributed by atoms with van der Waals surface area (Å²) in [7, 11) is 0. The van der Waals surface area contributed by atoms with Crippen molar-refractivity contribution in [1.82, 2.24) is 4.90 Å². The maximum atomic E-state index is 11.5. The lowest BCUT2D eigenvalue weighted by atomic mass is 9.93. The second-order valence-corrected chi connectivity index (χ2v) is 5.90. The van der Waals surface area contributed by atoms with Crippen LogP contribution >= 0.6 is 0 Å². The number of carbonyl (C=O) groups is 1. The van der Waals surface area contributed by atoms with Gasteiger partial charge >= 0.3 is 5.97 Å². The number of carboxylic acids is 1. The third kappa shape index (κ3) is 4.48. The highest BCUT2D eigenvalue weighted by atomic mass is 16.4. The lowest BCUT2D eigenvalue weighted by molar-refractivity contribution is -0.150. The molecule has 0 saturated carbocycles. The first kappa shape index (κ1) is 16.5. The number of likely N-dealkylation sites (tertiary alicyclic amines) is 1. The van der Waals surface area contributed by atoms with E-state index in [0.717, 1.165) is 38.8 Å². The highest BCUT2D eigenvalue weighted by molar-refractivity contribution is 5.79. The van der Waals surface area contributed by atoms with Gasteiger partial charge < -0.3 is 5.11 Å². The summed E-state index contributed by atoms with van der Waals surface area (Å²) in [5.74, 6) is -0.615. The Bertz CT molecular complexity index is 267. The van der Waals surface area contributed by atoms with E-state index in [0.29, 0.717) is 0 Å². The second kappa shape index (κ2) is 8.57. The normalized spacial score (nSPS) is 23.9.